The molecule has 2 aliphatic heterocycles. The molecule has 30 heavy (non-hydrogen) atoms. The van der Waals surface area contributed by atoms with E-state index in [2.05, 4.69) is 15.0 Å². The van der Waals surface area contributed by atoms with Gasteiger partial charge in [-0.25, -0.2) is 9.97 Å². The van der Waals surface area contributed by atoms with Crippen LogP contribution in [0.2, 0.25) is 0 Å². The van der Waals surface area contributed by atoms with E-state index in [1.54, 1.807) is 6.07 Å². The number of ether oxygens (including phenoxy) is 2. The van der Waals surface area contributed by atoms with Gasteiger partial charge in [-0.3, -0.25) is 0 Å². The molecule has 2 aliphatic rings. The summed E-state index contributed by atoms with van der Waals surface area (Å²) in [6.07, 6.45) is -2.68. The molecule has 0 aromatic carbocycles. The lowest BCUT2D eigenvalue weighted by molar-refractivity contribution is -0.137. The van der Waals surface area contributed by atoms with Crippen molar-refractivity contribution in [2.24, 2.45) is 0 Å². The highest BCUT2D eigenvalue weighted by Gasteiger charge is 2.35. The molecule has 2 aromatic heterocycles. The Kier molecular flexibility index (Phi) is 5.91. The maximum absolute atomic E-state index is 13.7. The van der Waals surface area contributed by atoms with Gasteiger partial charge in [0.05, 0.1) is 31.1 Å². The normalized spacial score (nSPS) is 18.4. The fraction of sp³-hybridized carbons (Fsp3) is 0.526. The Hall–Kier alpha value is -2.66. The van der Waals surface area contributed by atoms with Gasteiger partial charge in [0.25, 0.3) is 0 Å². The number of halogens is 3. The molecule has 0 atom stereocenters. The highest BCUT2D eigenvalue weighted by molar-refractivity contribution is 5.69. The van der Waals surface area contributed by atoms with Crippen LogP contribution in [0.3, 0.4) is 0 Å². The zero-order chi connectivity index (χ0) is 21.1. The molecule has 162 valence electrons. The molecule has 8 nitrogen and oxygen atoms in total. The van der Waals surface area contributed by atoms with Crippen LogP contribution in [0, 0.1) is 0 Å². The van der Waals surface area contributed by atoms with Gasteiger partial charge in [-0.15, -0.1) is 0 Å². The average Bonchev–Trinajstić information content (AvgIpc) is 3.03. The van der Waals surface area contributed by atoms with Crippen molar-refractivity contribution in [2.45, 2.75) is 12.6 Å². The quantitative estimate of drug-likeness (QED) is 0.802. The predicted molar refractivity (Wildman–Crippen MR) is 105 cm³/mol. The maximum Gasteiger partial charge on any atom is 0.417 e. The summed E-state index contributed by atoms with van der Waals surface area (Å²) in [5, 5.41) is 0. The molecule has 0 saturated carbocycles. The van der Waals surface area contributed by atoms with Crippen molar-refractivity contribution in [3.05, 3.63) is 23.9 Å². The van der Waals surface area contributed by atoms with E-state index >= 15 is 0 Å². The molecule has 11 heteroatoms. The van der Waals surface area contributed by atoms with Crippen molar-refractivity contribution in [1.29, 1.82) is 0 Å². The summed E-state index contributed by atoms with van der Waals surface area (Å²) in [4.78, 5) is 17.0. The fourth-order valence-corrected chi connectivity index (χ4v) is 3.51. The minimum absolute atomic E-state index is 0.124. The van der Waals surface area contributed by atoms with E-state index in [0.717, 1.165) is 18.7 Å². The van der Waals surface area contributed by atoms with Crippen molar-refractivity contribution < 1.29 is 22.6 Å². The Labute approximate surface area is 171 Å². The SMILES string of the molecule is Nc1cc(C(F)(F)F)c(-c2cc(N3CCOCC3)nc(N3CCCOCC3)n2)cn1. The molecule has 4 rings (SSSR count). The summed E-state index contributed by atoms with van der Waals surface area (Å²) >= 11 is 0. The van der Waals surface area contributed by atoms with Gasteiger partial charge in [-0.05, 0) is 12.5 Å². The van der Waals surface area contributed by atoms with Gasteiger partial charge >= 0.3 is 6.18 Å². The van der Waals surface area contributed by atoms with Gasteiger partial charge in [-0.2, -0.15) is 18.2 Å². The van der Waals surface area contributed by atoms with Crippen LogP contribution in [0.5, 0.6) is 0 Å². The van der Waals surface area contributed by atoms with Gasteiger partial charge in [0.15, 0.2) is 0 Å². The molecular weight excluding hydrogens is 401 g/mol. The van der Waals surface area contributed by atoms with E-state index in [1.165, 1.54) is 0 Å². The third-order valence-electron chi connectivity index (χ3n) is 5.05. The monoisotopic (exact) mass is 424 g/mol. The lowest BCUT2D eigenvalue weighted by Crippen LogP contribution is -2.37. The number of nitrogens with two attached hydrogens (primary N) is 1. The van der Waals surface area contributed by atoms with Crippen LogP contribution in [0.4, 0.5) is 30.8 Å². The Balaban J connectivity index is 1.82. The molecule has 0 bridgehead atoms. The number of rotatable bonds is 3. The van der Waals surface area contributed by atoms with E-state index in [0.29, 0.717) is 64.4 Å². The first kappa shape index (κ1) is 20.6. The summed E-state index contributed by atoms with van der Waals surface area (Å²) in [6.45, 7) is 4.64. The number of alkyl halides is 3. The number of pyridine rings is 1. The van der Waals surface area contributed by atoms with Crippen molar-refractivity contribution in [3.63, 3.8) is 0 Å². The van der Waals surface area contributed by atoms with E-state index in [-0.39, 0.29) is 17.1 Å². The van der Waals surface area contributed by atoms with Crippen LogP contribution < -0.4 is 15.5 Å². The number of nitrogens with zero attached hydrogens (tertiary/aromatic N) is 5. The lowest BCUT2D eigenvalue weighted by Gasteiger charge is -2.29. The minimum Gasteiger partial charge on any atom is -0.384 e. The number of anilines is 3. The Bertz CT molecular complexity index is 881. The summed E-state index contributed by atoms with van der Waals surface area (Å²) in [5.74, 6) is 0.747. The molecular formula is C19H23F3N6O2. The summed E-state index contributed by atoms with van der Waals surface area (Å²) < 4.78 is 52.0. The smallest absolute Gasteiger partial charge is 0.384 e. The predicted octanol–water partition coefficient (Wildman–Crippen LogP) is 2.20. The molecule has 0 aliphatic carbocycles. The minimum atomic E-state index is -4.59. The molecule has 2 aromatic rings. The van der Waals surface area contributed by atoms with Gasteiger partial charge in [0.2, 0.25) is 5.95 Å². The molecule has 2 N–H and O–H groups in total. The van der Waals surface area contributed by atoms with Crippen LogP contribution in [0.1, 0.15) is 12.0 Å². The van der Waals surface area contributed by atoms with E-state index < -0.39 is 11.7 Å². The largest absolute Gasteiger partial charge is 0.417 e. The van der Waals surface area contributed by atoms with Crippen molar-refractivity contribution >= 4 is 17.6 Å². The van der Waals surface area contributed by atoms with Gasteiger partial charge in [-0.1, -0.05) is 0 Å². The third kappa shape index (κ3) is 4.57. The van der Waals surface area contributed by atoms with Gasteiger partial charge < -0.3 is 25.0 Å². The Morgan fingerprint density at radius 2 is 1.60 bits per heavy atom. The summed E-state index contributed by atoms with van der Waals surface area (Å²) in [7, 11) is 0. The van der Waals surface area contributed by atoms with Crippen LogP contribution in [-0.4, -0.2) is 67.6 Å². The third-order valence-corrected chi connectivity index (χ3v) is 5.05. The second-order valence-electron chi connectivity index (χ2n) is 7.12. The molecule has 0 radical (unpaired) electrons. The first-order valence-corrected chi connectivity index (χ1v) is 9.79. The zero-order valence-electron chi connectivity index (χ0n) is 16.4. The second-order valence-corrected chi connectivity index (χ2v) is 7.12. The van der Waals surface area contributed by atoms with Crippen LogP contribution in [0.15, 0.2) is 18.3 Å². The molecule has 0 amide bonds. The highest BCUT2D eigenvalue weighted by Crippen LogP contribution is 2.38. The standard InChI is InChI=1S/C19H23F3N6O2/c20-19(21,22)14-10-16(23)24-12-13(14)15-11-17(27-3-7-30-8-4-27)26-18(25-15)28-2-1-6-29-9-5-28/h10-12H,1-9H2,(H2,23,24). The van der Waals surface area contributed by atoms with Crippen molar-refractivity contribution in [2.75, 3.05) is 68.1 Å². The number of hydrogen-bond donors (Lipinski definition) is 1. The summed E-state index contributed by atoms with van der Waals surface area (Å²) in [5.41, 5.74) is 4.69. The maximum atomic E-state index is 13.7. The average molecular weight is 424 g/mol. The zero-order valence-corrected chi connectivity index (χ0v) is 16.4. The topological polar surface area (TPSA) is 89.6 Å². The first-order valence-electron chi connectivity index (χ1n) is 9.79. The van der Waals surface area contributed by atoms with Gasteiger partial charge in [0, 0.05) is 50.6 Å². The van der Waals surface area contributed by atoms with E-state index in [1.807, 2.05) is 9.80 Å². The second kappa shape index (κ2) is 8.60. The molecule has 2 fully saturated rings. The van der Waals surface area contributed by atoms with E-state index in [4.69, 9.17) is 15.2 Å². The highest BCUT2D eigenvalue weighted by atomic mass is 19.4. The van der Waals surface area contributed by atoms with E-state index in [9.17, 15) is 13.2 Å². The van der Waals surface area contributed by atoms with Crippen LogP contribution in [-0.2, 0) is 15.7 Å². The molecule has 2 saturated heterocycles. The van der Waals surface area contributed by atoms with Crippen molar-refractivity contribution in [3.8, 4) is 11.3 Å². The van der Waals surface area contributed by atoms with Crippen LogP contribution in [0.25, 0.3) is 11.3 Å². The number of hydrogen-bond acceptors (Lipinski definition) is 8. The lowest BCUT2D eigenvalue weighted by atomic mass is 10.1. The number of nitrogen functional groups attached to an aromatic ring is 1. The molecule has 4 heterocycles. The first-order chi connectivity index (χ1) is 14.4. The van der Waals surface area contributed by atoms with Crippen molar-refractivity contribution in [1.82, 2.24) is 15.0 Å². The molecule has 0 spiro atoms. The Morgan fingerprint density at radius 1 is 0.900 bits per heavy atom. The fourth-order valence-electron chi connectivity index (χ4n) is 3.51. The summed E-state index contributed by atoms with van der Waals surface area (Å²) in [6, 6.07) is 2.41. The number of aromatic nitrogens is 3. The Morgan fingerprint density at radius 3 is 2.33 bits per heavy atom. The molecule has 0 unspecified atom stereocenters. The number of morpholine rings is 1. The van der Waals surface area contributed by atoms with Crippen LogP contribution >= 0.6 is 0 Å². The van der Waals surface area contributed by atoms with Gasteiger partial charge in [0.1, 0.15) is 11.6 Å².